The van der Waals surface area contributed by atoms with E-state index in [1.165, 1.54) is 0 Å². The largest absolute Gasteiger partial charge is 0.322 e. The third kappa shape index (κ3) is 2.67. The highest BCUT2D eigenvalue weighted by Gasteiger charge is 2.07. The van der Waals surface area contributed by atoms with Gasteiger partial charge in [0.2, 0.25) is 0 Å². The normalized spacial score (nSPS) is 10.8. The third-order valence-electron chi connectivity index (χ3n) is 4.02. The molecule has 0 bridgehead atoms. The van der Waals surface area contributed by atoms with Crippen LogP contribution < -0.4 is 5.32 Å². The highest BCUT2D eigenvalue weighted by molar-refractivity contribution is 6.07. The molecule has 0 aromatic heterocycles. The Morgan fingerprint density at radius 3 is 1.87 bits per heavy atom. The van der Waals surface area contributed by atoms with Crippen LogP contribution in [0, 0.1) is 0 Å². The Labute approximate surface area is 134 Å². The molecule has 0 atom stereocenters. The molecule has 4 rings (SSSR count). The first-order chi connectivity index (χ1) is 11.3. The van der Waals surface area contributed by atoms with Crippen molar-refractivity contribution < 1.29 is 4.79 Å². The first-order valence-electron chi connectivity index (χ1n) is 7.58. The van der Waals surface area contributed by atoms with Gasteiger partial charge in [-0.3, -0.25) is 4.79 Å². The summed E-state index contributed by atoms with van der Waals surface area (Å²) in [5, 5.41) is 7.46. The Kier molecular flexibility index (Phi) is 3.28. The summed E-state index contributed by atoms with van der Waals surface area (Å²) in [6.07, 6.45) is 0. The second-order valence-electron chi connectivity index (χ2n) is 5.58. The van der Waals surface area contributed by atoms with E-state index in [-0.39, 0.29) is 5.91 Å². The fourth-order valence-electron chi connectivity index (χ4n) is 2.80. The average Bonchev–Trinajstić information content (AvgIpc) is 2.61. The fraction of sp³-hybridized carbons (Fsp3) is 0. The Morgan fingerprint density at radius 1 is 0.609 bits per heavy atom. The van der Waals surface area contributed by atoms with Gasteiger partial charge < -0.3 is 5.32 Å². The maximum Gasteiger partial charge on any atom is 0.255 e. The monoisotopic (exact) mass is 297 g/mol. The number of hydrogen-bond donors (Lipinski definition) is 1. The standard InChI is InChI=1S/C21H15NO/c23-21(19-10-9-15-5-1-3-7-17(15)13-19)22-20-12-11-16-6-2-4-8-18(16)14-20/h1-14H,(H,22,23). The summed E-state index contributed by atoms with van der Waals surface area (Å²) in [5.41, 5.74) is 1.47. The molecule has 0 unspecified atom stereocenters. The lowest BCUT2D eigenvalue weighted by molar-refractivity contribution is 0.102. The summed E-state index contributed by atoms with van der Waals surface area (Å²) in [6, 6.07) is 27.8. The van der Waals surface area contributed by atoms with E-state index in [9.17, 15) is 4.79 Å². The van der Waals surface area contributed by atoms with Crippen molar-refractivity contribution in [2.75, 3.05) is 5.32 Å². The topological polar surface area (TPSA) is 29.1 Å². The predicted molar refractivity (Wildman–Crippen MR) is 95.8 cm³/mol. The summed E-state index contributed by atoms with van der Waals surface area (Å²) in [4.78, 5) is 12.5. The van der Waals surface area contributed by atoms with Gasteiger partial charge in [0.05, 0.1) is 0 Å². The zero-order valence-corrected chi connectivity index (χ0v) is 12.5. The zero-order valence-electron chi connectivity index (χ0n) is 12.5. The summed E-state index contributed by atoms with van der Waals surface area (Å²) >= 11 is 0. The molecule has 0 saturated heterocycles. The van der Waals surface area contributed by atoms with Crippen LogP contribution in [-0.4, -0.2) is 5.91 Å². The van der Waals surface area contributed by atoms with Gasteiger partial charge in [-0.15, -0.1) is 0 Å². The first-order valence-corrected chi connectivity index (χ1v) is 7.58. The number of amides is 1. The molecule has 0 saturated carbocycles. The minimum atomic E-state index is -0.0916. The van der Waals surface area contributed by atoms with Gasteiger partial charge >= 0.3 is 0 Å². The van der Waals surface area contributed by atoms with E-state index in [1.807, 2.05) is 78.9 Å². The molecule has 0 aliphatic heterocycles. The van der Waals surface area contributed by atoms with Crippen molar-refractivity contribution in [2.24, 2.45) is 0 Å². The minimum Gasteiger partial charge on any atom is -0.322 e. The molecule has 2 heteroatoms. The molecule has 110 valence electrons. The molecule has 0 fully saturated rings. The van der Waals surface area contributed by atoms with Crippen LogP contribution in [0.25, 0.3) is 21.5 Å². The number of rotatable bonds is 2. The van der Waals surface area contributed by atoms with Crippen molar-refractivity contribution in [3.8, 4) is 0 Å². The van der Waals surface area contributed by atoms with Gasteiger partial charge in [-0.05, 0) is 45.8 Å². The molecule has 23 heavy (non-hydrogen) atoms. The molecule has 1 amide bonds. The summed E-state index contributed by atoms with van der Waals surface area (Å²) in [7, 11) is 0. The molecule has 1 N–H and O–H groups in total. The van der Waals surface area contributed by atoms with Crippen LogP contribution in [0.3, 0.4) is 0 Å². The molecule has 4 aromatic carbocycles. The van der Waals surface area contributed by atoms with Gasteiger partial charge in [-0.25, -0.2) is 0 Å². The lowest BCUT2D eigenvalue weighted by atomic mass is 10.1. The van der Waals surface area contributed by atoms with Gasteiger partial charge in [0, 0.05) is 11.3 Å². The van der Waals surface area contributed by atoms with Crippen LogP contribution in [0.15, 0.2) is 84.9 Å². The zero-order chi connectivity index (χ0) is 15.6. The van der Waals surface area contributed by atoms with Crippen molar-refractivity contribution in [3.63, 3.8) is 0 Å². The van der Waals surface area contributed by atoms with Crippen molar-refractivity contribution in [3.05, 3.63) is 90.5 Å². The molecule has 0 aliphatic carbocycles. The van der Waals surface area contributed by atoms with Gasteiger partial charge in [0.15, 0.2) is 0 Å². The number of nitrogens with one attached hydrogen (secondary N) is 1. The molecule has 0 radical (unpaired) electrons. The molecule has 0 spiro atoms. The minimum absolute atomic E-state index is 0.0916. The molecule has 0 heterocycles. The Bertz CT molecular complexity index is 1020. The van der Waals surface area contributed by atoms with Crippen molar-refractivity contribution in [1.29, 1.82) is 0 Å². The number of benzene rings is 4. The summed E-state index contributed by atoms with van der Waals surface area (Å²) < 4.78 is 0. The van der Waals surface area contributed by atoms with E-state index >= 15 is 0 Å². The second-order valence-corrected chi connectivity index (χ2v) is 5.58. The fourth-order valence-corrected chi connectivity index (χ4v) is 2.80. The molecule has 4 aromatic rings. The summed E-state index contributed by atoms with van der Waals surface area (Å²) in [5.74, 6) is -0.0916. The van der Waals surface area contributed by atoms with Crippen molar-refractivity contribution >= 4 is 33.1 Å². The van der Waals surface area contributed by atoms with E-state index < -0.39 is 0 Å². The van der Waals surface area contributed by atoms with Crippen LogP contribution in [-0.2, 0) is 0 Å². The maximum absolute atomic E-state index is 12.5. The number of hydrogen-bond acceptors (Lipinski definition) is 1. The van der Waals surface area contributed by atoms with Crippen LogP contribution >= 0.6 is 0 Å². The smallest absolute Gasteiger partial charge is 0.255 e. The summed E-state index contributed by atoms with van der Waals surface area (Å²) in [6.45, 7) is 0. The average molecular weight is 297 g/mol. The number of fused-ring (bicyclic) bond motifs is 2. The third-order valence-corrected chi connectivity index (χ3v) is 4.02. The van der Waals surface area contributed by atoms with E-state index in [4.69, 9.17) is 0 Å². The highest BCUT2D eigenvalue weighted by atomic mass is 16.1. The quantitative estimate of drug-likeness (QED) is 0.538. The van der Waals surface area contributed by atoms with E-state index in [0.29, 0.717) is 5.56 Å². The maximum atomic E-state index is 12.5. The van der Waals surface area contributed by atoms with Gasteiger partial charge in [-0.1, -0.05) is 60.7 Å². The first kappa shape index (κ1) is 13.5. The molecule has 0 aliphatic rings. The van der Waals surface area contributed by atoms with Crippen LogP contribution in [0.4, 0.5) is 5.69 Å². The van der Waals surface area contributed by atoms with Crippen molar-refractivity contribution in [2.45, 2.75) is 0 Å². The SMILES string of the molecule is O=C(Nc1ccc2ccccc2c1)c1ccc2ccccc2c1. The number of carbonyl (C=O) groups is 1. The Hall–Kier alpha value is -3.13. The Balaban J connectivity index is 1.64. The van der Waals surface area contributed by atoms with E-state index in [0.717, 1.165) is 27.2 Å². The lowest BCUT2D eigenvalue weighted by Gasteiger charge is -2.07. The second kappa shape index (κ2) is 5.58. The van der Waals surface area contributed by atoms with Gasteiger partial charge in [0.1, 0.15) is 0 Å². The molecule has 2 nitrogen and oxygen atoms in total. The van der Waals surface area contributed by atoms with Crippen LogP contribution in [0.5, 0.6) is 0 Å². The van der Waals surface area contributed by atoms with Gasteiger partial charge in [0.25, 0.3) is 5.91 Å². The predicted octanol–water partition coefficient (Wildman–Crippen LogP) is 5.25. The highest BCUT2D eigenvalue weighted by Crippen LogP contribution is 2.20. The number of carbonyl (C=O) groups excluding carboxylic acids is 1. The van der Waals surface area contributed by atoms with E-state index in [1.54, 1.807) is 0 Å². The Morgan fingerprint density at radius 2 is 1.17 bits per heavy atom. The van der Waals surface area contributed by atoms with Crippen molar-refractivity contribution in [1.82, 2.24) is 0 Å². The molecular weight excluding hydrogens is 282 g/mol. The lowest BCUT2D eigenvalue weighted by Crippen LogP contribution is -2.11. The van der Waals surface area contributed by atoms with E-state index in [2.05, 4.69) is 11.4 Å². The van der Waals surface area contributed by atoms with Gasteiger partial charge in [-0.2, -0.15) is 0 Å². The number of anilines is 1. The van der Waals surface area contributed by atoms with Crippen LogP contribution in [0.2, 0.25) is 0 Å². The van der Waals surface area contributed by atoms with Crippen LogP contribution in [0.1, 0.15) is 10.4 Å². The molecular formula is C21H15NO.